The van der Waals surface area contributed by atoms with Crippen molar-refractivity contribution in [3.05, 3.63) is 34.4 Å². The van der Waals surface area contributed by atoms with Crippen LogP contribution in [0.15, 0.2) is 24.5 Å². The van der Waals surface area contributed by atoms with Crippen molar-refractivity contribution >= 4 is 17.2 Å². The number of methoxy groups -OCH3 is 1. The van der Waals surface area contributed by atoms with E-state index in [1.807, 2.05) is 18.3 Å². The first-order valence-corrected chi connectivity index (χ1v) is 6.31. The molecular formula is C12H15N3OS. The summed E-state index contributed by atoms with van der Waals surface area (Å²) in [6.45, 7) is 2.85. The van der Waals surface area contributed by atoms with Gasteiger partial charge < -0.3 is 10.1 Å². The minimum absolute atomic E-state index is 0.712. The third-order valence-corrected chi connectivity index (χ3v) is 3.48. The van der Waals surface area contributed by atoms with Gasteiger partial charge in [-0.15, -0.1) is 11.3 Å². The Hall–Kier alpha value is -1.62. The van der Waals surface area contributed by atoms with Crippen LogP contribution in [0.3, 0.4) is 0 Å². The van der Waals surface area contributed by atoms with E-state index in [0.29, 0.717) is 6.54 Å². The standard InChI is InChI=1S/C12H15N3OS/c1-3-10-7-15-12(17-10)8-14-11-5-4-9(16-2)6-13-11/h4-7H,3,8H2,1-2H3,(H,13,14). The number of anilines is 1. The molecule has 0 atom stereocenters. The van der Waals surface area contributed by atoms with E-state index in [2.05, 4.69) is 22.2 Å². The number of ether oxygens (including phenoxy) is 1. The van der Waals surface area contributed by atoms with Gasteiger partial charge in [0, 0.05) is 11.1 Å². The molecule has 0 saturated carbocycles. The van der Waals surface area contributed by atoms with Crippen molar-refractivity contribution in [3.8, 4) is 5.75 Å². The lowest BCUT2D eigenvalue weighted by Gasteiger charge is -2.04. The molecule has 0 spiro atoms. The predicted octanol–water partition coefficient (Wildman–Crippen LogP) is 2.72. The highest BCUT2D eigenvalue weighted by Crippen LogP contribution is 2.16. The molecule has 4 nitrogen and oxygen atoms in total. The number of hydrogen-bond acceptors (Lipinski definition) is 5. The van der Waals surface area contributed by atoms with Crippen LogP contribution < -0.4 is 10.1 Å². The van der Waals surface area contributed by atoms with Crippen LogP contribution in [0, 0.1) is 0 Å². The molecule has 2 aromatic heterocycles. The number of thiazole rings is 1. The average molecular weight is 249 g/mol. The summed E-state index contributed by atoms with van der Waals surface area (Å²) < 4.78 is 5.05. The molecule has 2 aromatic rings. The van der Waals surface area contributed by atoms with Gasteiger partial charge in [-0.05, 0) is 18.6 Å². The lowest BCUT2D eigenvalue weighted by Crippen LogP contribution is -2.00. The summed E-state index contributed by atoms with van der Waals surface area (Å²) in [5, 5.41) is 4.31. The minimum atomic E-state index is 0.712. The van der Waals surface area contributed by atoms with E-state index in [0.717, 1.165) is 23.0 Å². The van der Waals surface area contributed by atoms with Crippen LogP contribution in [0.5, 0.6) is 5.75 Å². The molecule has 0 fully saturated rings. The Balaban J connectivity index is 1.92. The molecule has 0 radical (unpaired) electrons. The monoisotopic (exact) mass is 249 g/mol. The van der Waals surface area contributed by atoms with Crippen LogP contribution in [-0.2, 0) is 13.0 Å². The highest BCUT2D eigenvalue weighted by molar-refractivity contribution is 7.11. The predicted molar refractivity (Wildman–Crippen MR) is 69.6 cm³/mol. The molecule has 2 rings (SSSR count). The van der Waals surface area contributed by atoms with Gasteiger partial charge in [-0.2, -0.15) is 0 Å². The number of rotatable bonds is 5. The highest BCUT2D eigenvalue weighted by Gasteiger charge is 2.01. The summed E-state index contributed by atoms with van der Waals surface area (Å²) >= 11 is 1.73. The number of aryl methyl sites for hydroxylation is 1. The molecule has 17 heavy (non-hydrogen) atoms. The second-order valence-corrected chi connectivity index (χ2v) is 4.71. The third-order valence-electron chi connectivity index (χ3n) is 2.34. The Morgan fingerprint density at radius 1 is 1.29 bits per heavy atom. The lowest BCUT2D eigenvalue weighted by molar-refractivity contribution is 0.413. The molecule has 0 aliphatic carbocycles. The topological polar surface area (TPSA) is 47.0 Å². The average Bonchev–Trinajstić information content (AvgIpc) is 2.85. The van der Waals surface area contributed by atoms with E-state index in [1.165, 1.54) is 4.88 Å². The Kier molecular flexibility index (Phi) is 3.93. The van der Waals surface area contributed by atoms with E-state index in [1.54, 1.807) is 24.6 Å². The van der Waals surface area contributed by atoms with E-state index in [9.17, 15) is 0 Å². The second-order valence-electron chi connectivity index (χ2n) is 3.51. The molecule has 0 bridgehead atoms. The van der Waals surface area contributed by atoms with Crippen LogP contribution in [0.25, 0.3) is 0 Å². The maximum absolute atomic E-state index is 5.05. The van der Waals surface area contributed by atoms with Gasteiger partial charge in [0.2, 0.25) is 0 Å². The molecule has 0 aliphatic heterocycles. The lowest BCUT2D eigenvalue weighted by atomic mass is 10.4. The normalized spacial score (nSPS) is 10.2. The number of hydrogen-bond donors (Lipinski definition) is 1. The fourth-order valence-corrected chi connectivity index (χ4v) is 2.17. The van der Waals surface area contributed by atoms with Crippen molar-refractivity contribution < 1.29 is 4.74 Å². The van der Waals surface area contributed by atoms with Crippen molar-refractivity contribution in [2.75, 3.05) is 12.4 Å². The van der Waals surface area contributed by atoms with Crippen molar-refractivity contribution in [1.82, 2.24) is 9.97 Å². The van der Waals surface area contributed by atoms with Crippen LogP contribution in [-0.4, -0.2) is 17.1 Å². The van der Waals surface area contributed by atoms with Gasteiger partial charge in [-0.1, -0.05) is 6.92 Å². The number of nitrogens with zero attached hydrogens (tertiary/aromatic N) is 2. The minimum Gasteiger partial charge on any atom is -0.495 e. The molecule has 1 N–H and O–H groups in total. The summed E-state index contributed by atoms with van der Waals surface area (Å²) in [5.41, 5.74) is 0. The molecular weight excluding hydrogens is 234 g/mol. The maximum atomic E-state index is 5.05. The fraction of sp³-hybridized carbons (Fsp3) is 0.333. The molecule has 0 aromatic carbocycles. The fourth-order valence-electron chi connectivity index (χ4n) is 1.36. The number of nitrogens with one attached hydrogen (secondary N) is 1. The number of aromatic nitrogens is 2. The van der Waals surface area contributed by atoms with Gasteiger partial charge in [0.15, 0.2) is 0 Å². The van der Waals surface area contributed by atoms with Gasteiger partial charge in [-0.3, -0.25) is 0 Å². The van der Waals surface area contributed by atoms with Crippen LogP contribution in [0.4, 0.5) is 5.82 Å². The van der Waals surface area contributed by atoms with Gasteiger partial charge in [0.05, 0.1) is 19.9 Å². The summed E-state index contributed by atoms with van der Waals surface area (Å²) in [6.07, 6.45) is 4.67. The molecule has 0 amide bonds. The summed E-state index contributed by atoms with van der Waals surface area (Å²) in [4.78, 5) is 9.88. The number of pyridine rings is 1. The first-order valence-electron chi connectivity index (χ1n) is 5.49. The van der Waals surface area contributed by atoms with Gasteiger partial charge in [0.25, 0.3) is 0 Å². The highest BCUT2D eigenvalue weighted by atomic mass is 32.1. The largest absolute Gasteiger partial charge is 0.495 e. The molecule has 90 valence electrons. The Labute approximate surface area is 105 Å². The third kappa shape index (κ3) is 3.17. The van der Waals surface area contributed by atoms with Crippen LogP contribution >= 0.6 is 11.3 Å². The smallest absolute Gasteiger partial charge is 0.137 e. The van der Waals surface area contributed by atoms with E-state index < -0.39 is 0 Å². The first kappa shape index (κ1) is 11.9. The first-order chi connectivity index (χ1) is 8.31. The van der Waals surface area contributed by atoms with Crippen LogP contribution in [0.2, 0.25) is 0 Å². The van der Waals surface area contributed by atoms with Crippen LogP contribution in [0.1, 0.15) is 16.8 Å². The van der Waals surface area contributed by atoms with Crippen molar-refractivity contribution in [1.29, 1.82) is 0 Å². The van der Waals surface area contributed by atoms with Crippen molar-refractivity contribution in [2.24, 2.45) is 0 Å². The van der Waals surface area contributed by atoms with E-state index in [4.69, 9.17) is 4.74 Å². The summed E-state index contributed by atoms with van der Waals surface area (Å²) in [6, 6.07) is 3.78. The Morgan fingerprint density at radius 2 is 2.18 bits per heavy atom. The maximum Gasteiger partial charge on any atom is 0.137 e. The van der Waals surface area contributed by atoms with Gasteiger partial charge in [0.1, 0.15) is 16.6 Å². The van der Waals surface area contributed by atoms with Crippen molar-refractivity contribution in [2.45, 2.75) is 19.9 Å². The molecule has 0 saturated heterocycles. The molecule has 5 heteroatoms. The molecule has 2 heterocycles. The molecule has 0 aliphatic rings. The van der Waals surface area contributed by atoms with E-state index >= 15 is 0 Å². The Morgan fingerprint density at radius 3 is 2.76 bits per heavy atom. The summed E-state index contributed by atoms with van der Waals surface area (Å²) in [5.74, 6) is 1.59. The van der Waals surface area contributed by atoms with E-state index in [-0.39, 0.29) is 0 Å². The molecule has 0 unspecified atom stereocenters. The zero-order chi connectivity index (χ0) is 12.1. The van der Waals surface area contributed by atoms with Gasteiger partial charge in [-0.25, -0.2) is 9.97 Å². The van der Waals surface area contributed by atoms with Gasteiger partial charge >= 0.3 is 0 Å². The SMILES string of the molecule is CCc1cnc(CNc2ccc(OC)cn2)s1. The quantitative estimate of drug-likeness (QED) is 0.885. The van der Waals surface area contributed by atoms with Crippen molar-refractivity contribution in [3.63, 3.8) is 0 Å². The zero-order valence-corrected chi connectivity index (χ0v) is 10.8. The second kappa shape index (κ2) is 5.63. The zero-order valence-electron chi connectivity index (χ0n) is 9.93. The summed E-state index contributed by atoms with van der Waals surface area (Å²) in [7, 11) is 1.63. The Bertz CT molecular complexity index is 467.